The van der Waals surface area contributed by atoms with Crippen LogP contribution in [0.3, 0.4) is 0 Å². The fourth-order valence-corrected chi connectivity index (χ4v) is 1.41. The van der Waals surface area contributed by atoms with Crippen molar-refractivity contribution < 1.29 is 0 Å². The van der Waals surface area contributed by atoms with Gasteiger partial charge >= 0.3 is 0 Å². The Morgan fingerprint density at radius 1 is 1.30 bits per heavy atom. The van der Waals surface area contributed by atoms with Crippen LogP contribution >= 0.6 is 9.24 Å². The Labute approximate surface area is 67.0 Å². The van der Waals surface area contributed by atoms with E-state index in [-0.39, 0.29) is 5.28 Å². The molecule has 62 valence electrons. The lowest BCUT2D eigenvalue weighted by molar-refractivity contribution is 0.368. The summed E-state index contributed by atoms with van der Waals surface area (Å²) >= 11 is 0. The number of rotatable bonds is 3. The van der Waals surface area contributed by atoms with Gasteiger partial charge in [0.15, 0.2) is 0 Å². The summed E-state index contributed by atoms with van der Waals surface area (Å²) in [5.74, 6) is 1.23. The quantitative estimate of drug-likeness (QED) is 0.631. The first-order valence-corrected chi connectivity index (χ1v) is 4.51. The van der Waals surface area contributed by atoms with Crippen molar-refractivity contribution in [2.75, 3.05) is 0 Å². The van der Waals surface area contributed by atoms with Crippen molar-refractivity contribution in [3.8, 4) is 0 Å². The van der Waals surface area contributed by atoms with Crippen LogP contribution in [0.15, 0.2) is 0 Å². The number of hydrogen-bond acceptors (Lipinski definition) is 1. The topological polar surface area (TPSA) is 26.0 Å². The van der Waals surface area contributed by atoms with Crippen LogP contribution in [-0.2, 0) is 0 Å². The van der Waals surface area contributed by atoms with Crippen molar-refractivity contribution in [1.29, 1.82) is 0 Å². The maximum atomic E-state index is 6.02. The molecule has 0 aliphatic carbocycles. The molecule has 0 aliphatic heterocycles. The fourth-order valence-electron chi connectivity index (χ4n) is 0.943. The first-order chi connectivity index (χ1) is 4.36. The summed E-state index contributed by atoms with van der Waals surface area (Å²) in [6, 6.07) is 0. The molecule has 2 atom stereocenters. The molecule has 10 heavy (non-hydrogen) atoms. The maximum Gasteiger partial charge on any atom is 0.0323 e. The van der Waals surface area contributed by atoms with Crippen LogP contribution in [0.4, 0.5) is 0 Å². The van der Waals surface area contributed by atoms with E-state index < -0.39 is 0 Å². The first kappa shape index (κ1) is 10.4. The maximum absolute atomic E-state index is 6.02. The lowest BCUT2D eigenvalue weighted by Crippen LogP contribution is -2.39. The van der Waals surface area contributed by atoms with Crippen LogP contribution in [0, 0.1) is 11.8 Å². The normalized spacial score (nSPS) is 18.0. The van der Waals surface area contributed by atoms with Crippen LogP contribution in [0.2, 0.25) is 0 Å². The van der Waals surface area contributed by atoms with E-state index in [1.165, 1.54) is 0 Å². The summed E-state index contributed by atoms with van der Waals surface area (Å²) in [6.07, 6.45) is 1.08. The van der Waals surface area contributed by atoms with Gasteiger partial charge in [-0.1, -0.05) is 27.7 Å². The molecule has 2 heteroatoms. The molecule has 0 heterocycles. The third kappa shape index (κ3) is 3.53. The van der Waals surface area contributed by atoms with E-state index in [1.54, 1.807) is 0 Å². The van der Waals surface area contributed by atoms with E-state index in [2.05, 4.69) is 36.9 Å². The van der Waals surface area contributed by atoms with E-state index in [0.717, 1.165) is 6.42 Å². The van der Waals surface area contributed by atoms with Gasteiger partial charge in [-0.3, -0.25) is 0 Å². The highest BCUT2D eigenvalue weighted by Crippen LogP contribution is 2.28. The molecule has 0 bridgehead atoms. The van der Waals surface area contributed by atoms with Gasteiger partial charge in [-0.15, -0.1) is 9.24 Å². The SMILES string of the molecule is CC(C)CC(N)(P)C(C)C. The second kappa shape index (κ2) is 3.69. The van der Waals surface area contributed by atoms with Crippen LogP contribution < -0.4 is 5.73 Å². The van der Waals surface area contributed by atoms with Crippen molar-refractivity contribution in [1.82, 2.24) is 0 Å². The van der Waals surface area contributed by atoms with E-state index in [1.807, 2.05) is 0 Å². The lowest BCUT2D eigenvalue weighted by atomic mass is 9.95. The largest absolute Gasteiger partial charge is 0.322 e. The minimum absolute atomic E-state index is 0.0613. The molecule has 0 spiro atoms. The zero-order valence-corrected chi connectivity index (χ0v) is 8.67. The highest BCUT2D eigenvalue weighted by molar-refractivity contribution is 7.18. The molecule has 0 aromatic heterocycles. The monoisotopic (exact) mass is 161 g/mol. The minimum Gasteiger partial charge on any atom is -0.322 e. The Balaban J connectivity index is 3.87. The van der Waals surface area contributed by atoms with Crippen molar-refractivity contribution in [2.24, 2.45) is 17.6 Å². The van der Waals surface area contributed by atoms with Gasteiger partial charge in [-0.25, -0.2) is 0 Å². The predicted molar refractivity (Wildman–Crippen MR) is 50.9 cm³/mol. The molecule has 2 N–H and O–H groups in total. The predicted octanol–water partition coefficient (Wildman–Crippen LogP) is 2.22. The highest BCUT2D eigenvalue weighted by Gasteiger charge is 2.23. The van der Waals surface area contributed by atoms with Crippen LogP contribution in [0.5, 0.6) is 0 Å². The van der Waals surface area contributed by atoms with Crippen molar-refractivity contribution in [2.45, 2.75) is 39.4 Å². The molecule has 0 radical (unpaired) electrons. The summed E-state index contributed by atoms with van der Waals surface area (Å²) < 4.78 is 0. The van der Waals surface area contributed by atoms with Crippen LogP contribution in [-0.4, -0.2) is 5.28 Å². The summed E-state index contributed by atoms with van der Waals surface area (Å²) in [6.45, 7) is 8.73. The third-order valence-electron chi connectivity index (χ3n) is 1.84. The molecule has 2 unspecified atom stereocenters. The smallest absolute Gasteiger partial charge is 0.0323 e. The van der Waals surface area contributed by atoms with E-state index >= 15 is 0 Å². The molecular formula is C8H20NP. The van der Waals surface area contributed by atoms with Crippen LogP contribution in [0.1, 0.15) is 34.1 Å². The van der Waals surface area contributed by atoms with Gasteiger partial charge < -0.3 is 5.73 Å². The molecule has 0 amide bonds. The van der Waals surface area contributed by atoms with Crippen LogP contribution in [0.25, 0.3) is 0 Å². The standard InChI is InChI=1S/C8H20NP/c1-6(2)5-8(9,10)7(3)4/h6-7H,5,9-10H2,1-4H3. The Morgan fingerprint density at radius 3 is 1.80 bits per heavy atom. The molecule has 0 aromatic carbocycles. The average molecular weight is 161 g/mol. The van der Waals surface area contributed by atoms with Crippen molar-refractivity contribution in [3.63, 3.8) is 0 Å². The molecule has 0 saturated carbocycles. The second-order valence-electron chi connectivity index (χ2n) is 3.87. The molecule has 0 aromatic rings. The van der Waals surface area contributed by atoms with E-state index in [4.69, 9.17) is 5.73 Å². The summed E-state index contributed by atoms with van der Waals surface area (Å²) in [5, 5.41) is -0.0613. The lowest BCUT2D eigenvalue weighted by Gasteiger charge is -2.30. The zero-order chi connectivity index (χ0) is 8.36. The van der Waals surface area contributed by atoms with Gasteiger partial charge in [-0.2, -0.15) is 0 Å². The number of nitrogens with two attached hydrogens (primary N) is 1. The summed E-state index contributed by atoms with van der Waals surface area (Å²) in [5.41, 5.74) is 6.02. The second-order valence-corrected chi connectivity index (χ2v) is 4.94. The average Bonchev–Trinajstić information content (AvgIpc) is 1.60. The fraction of sp³-hybridized carbons (Fsp3) is 1.00. The summed E-state index contributed by atoms with van der Waals surface area (Å²) in [4.78, 5) is 0. The molecule has 0 saturated heterocycles. The van der Waals surface area contributed by atoms with Crippen molar-refractivity contribution >= 4 is 9.24 Å². The van der Waals surface area contributed by atoms with E-state index in [0.29, 0.717) is 11.8 Å². The van der Waals surface area contributed by atoms with Crippen molar-refractivity contribution in [3.05, 3.63) is 0 Å². The minimum atomic E-state index is -0.0613. The molecule has 0 aliphatic rings. The molecule has 0 fully saturated rings. The Bertz CT molecular complexity index is 97.4. The first-order valence-electron chi connectivity index (χ1n) is 3.94. The molecular weight excluding hydrogens is 141 g/mol. The highest BCUT2D eigenvalue weighted by atomic mass is 31.0. The van der Waals surface area contributed by atoms with Gasteiger partial charge in [-0.05, 0) is 18.3 Å². The number of hydrogen-bond donors (Lipinski definition) is 1. The summed E-state index contributed by atoms with van der Waals surface area (Å²) in [7, 11) is 2.75. The van der Waals surface area contributed by atoms with E-state index in [9.17, 15) is 0 Å². The van der Waals surface area contributed by atoms with Gasteiger partial charge in [0, 0.05) is 5.28 Å². The van der Waals surface area contributed by atoms with Gasteiger partial charge in [0.05, 0.1) is 0 Å². The van der Waals surface area contributed by atoms with Gasteiger partial charge in [0.25, 0.3) is 0 Å². The molecule has 1 nitrogen and oxygen atoms in total. The van der Waals surface area contributed by atoms with Gasteiger partial charge in [0.2, 0.25) is 0 Å². The Kier molecular flexibility index (Phi) is 3.83. The molecule has 0 rings (SSSR count). The zero-order valence-electron chi connectivity index (χ0n) is 7.52. The third-order valence-corrected chi connectivity index (χ3v) is 2.74. The van der Waals surface area contributed by atoms with Gasteiger partial charge in [0.1, 0.15) is 0 Å². The Hall–Kier alpha value is 0.390. The Morgan fingerprint density at radius 2 is 1.70 bits per heavy atom.